The molecule has 0 bridgehead atoms. The van der Waals surface area contributed by atoms with Gasteiger partial charge in [0, 0.05) is 68.6 Å². The maximum Gasteiger partial charge on any atom is 0.229 e. The first-order valence-corrected chi connectivity index (χ1v) is 18.4. The van der Waals surface area contributed by atoms with E-state index < -0.39 is 10.0 Å². The summed E-state index contributed by atoms with van der Waals surface area (Å²) in [5.74, 6) is 1.47. The largest absolute Gasteiger partial charge is 0.494 e. The van der Waals surface area contributed by atoms with Crippen LogP contribution in [0.4, 0.5) is 34.5 Å². The van der Waals surface area contributed by atoms with Crippen molar-refractivity contribution in [3.05, 3.63) is 52.9 Å². The SMILES string of the molecule is CCc1cc(Nc2ncc(Br)c(Nc3ccc4nccnc4c3NS(C)(=O)=O)n2)c(OC)cc1N1CCC(N2CC(N(C)C)C2)CC1. The number of hydrogen-bond acceptors (Lipinski definition) is 12. The first-order chi connectivity index (χ1) is 22.5. The fraction of sp³-hybridized carbons (Fsp3) is 0.438. The van der Waals surface area contributed by atoms with Gasteiger partial charge in [-0.2, -0.15) is 4.98 Å². The third kappa shape index (κ3) is 7.37. The van der Waals surface area contributed by atoms with Crippen molar-refractivity contribution in [3.8, 4) is 5.75 Å². The number of ether oxygens (including phenoxy) is 1. The monoisotopic (exact) mass is 724 g/mol. The van der Waals surface area contributed by atoms with Crippen LogP contribution in [0.1, 0.15) is 25.3 Å². The smallest absolute Gasteiger partial charge is 0.229 e. The summed E-state index contributed by atoms with van der Waals surface area (Å²) in [5.41, 5.74) is 4.86. The topological polar surface area (TPSA) is 141 Å². The third-order valence-electron chi connectivity index (χ3n) is 8.90. The van der Waals surface area contributed by atoms with Crippen molar-refractivity contribution in [2.45, 2.75) is 38.3 Å². The van der Waals surface area contributed by atoms with Crippen molar-refractivity contribution in [1.82, 2.24) is 29.7 Å². The first-order valence-electron chi connectivity index (χ1n) is 15.7. The molecule has 0 unspecified atom stereocenters. The van der Waals surface area contributed by atoms with Gasteiger partial charge in [0.1, 0.15) is 17.1 Å². The Hall–Kier alpha value is -3.79. The lowest BCUT2D eigenvalue weighted by molar-refractivity contribution is 0.0188. The number of likely N-dealkylation sites (N-methyl/N-ethyl adjacent to an activating group) is 1. The highest BCUT2D eigenvalue weighted by molar-refractivity contribution is 9.10. The van der Waals surface area contributed by atoms with E-state index in [0.29, 0.717) is 50.8 Å². The molecule has 2 aromatic carbocycles. The van der Waals surface area contributed by atoms with E-state index in [-0.39, 0.29) is 5.69 Å². The van der Waals surface area contributed by atoms with Crippen molar-refractivity contribution >= 4 is 71.5 Å². The number of hydrogen-bond donors (Lipinski definition) is 3. The van der Waals surface area contributed by atoms with Crippen LogP contribution in [-0.2, 0) is 16.4 Å². The van der Waals surface area contributed by atoms with E-state index >= 15 is 0 Å². The maximum atomic E-state index is 12.2. The molecule has 3 N–H and O–H groups in total. The molecule has 2 fully saturated rings. The second kappa shape index (κ2) is 13.7. The third-order valence-corrected chi connectivity index (χ3v) is 10.1. The highest BCUT2D eigenvalue weighted by Crippen LogP contribution is 2.38. The van der Waals surface area contributed by atoms with Gasteiger partial charge in [0.05, 0.1) is 40.4 Å². The second-order valence-electron chi connectivity index (χ2n) is 12.3. The summed E-state index contributed by atoms with van der Waals surface area (Å²) in [5, 5.41) is 6.58. The Bertz CT molecular complexity index is 1860. The molecule has 0 amide bonds. The van der Waals surface area contributed by atoms with Crippen LogP contribution in [-0.4, -0.2) is 104 Å². The molecule has 2 aliphatic rings. The van der Waals surface area contributed by atoms with Crippen molar-refractivity contribution in [2.24, 2.45) is 0 Å². The Morgan fingerprint density at radius 2 is 1.79 bits per heavy atom. The van der Waals surface area contributed by atoms with E-state index in [2.05, 4.69) is 94.1 Å². The van der Waals surface area contributed by atoms with Gasteiger partial charge in [-0.1, -0.05) is 6.92 Å². The van der Waals surface area contributed by atoms with Crippen LogP contribution in [0.2, 0.25) is 0 Å². The molecule has 0 aliphatic carbocycles. The molecule has 0 spiro atoms. The Morgan fingerprint density at radius 1 is 1.04 bits per heavy atom. The Balaban J connectivity index is 1.22. The molecule has 0 radical (unpaired) electrons. The highest BCUT2D eigenvalue weighted by Gasteiger charge is 2.35. The molecule has 4 aromatic rings. The fourth-order valence-electron chi connectivity index (χ4n) is 6.24. The van der Waals surface area contributed by atoms with Crippen LogP contribution < -0.4 is 25.0 Å². The standard InChI is InChI=1S/C32H41BrN10O3S/c1-6-20-15-26(28(46-4)16-27(20)42-13-9-21(10-14-42)43-18-22(19-43)41(2)3)38-32-36-17-23(33)31(39-32)37-25-8-7-24-29(35-12-11-34-24)30(25)40-47(5,44)45/h7-8,11-12,15-17,21-22,40H,6,9-10,13-14,18-19H2,1-5H3,(H2,36,37,38,39). The van der Waals surface area contributed by atoms with Crippen LogP contribution in [0.25, 0.3) is 11.0 Å². The predicted octanol–water partition coefficient (Wildman–Crippen LogP) is 4.83. The summed E-state index contributed by atoms with van der Waals surface area (Å²) in [7, 11) is 2.39. The minimum atomic E-state index is -3.61. The number of sulfonamides is 1. The molecule has 6 rings (SSSR count). The number of piperidine rings is 1. The average Bonchev–Trinajstić information content (AvgIpc) is 3.02. The molecule has 2 aromatic heterocycles. The van der Waals surface area contributed by atoms with Crippen LogP contribution in [0.3, 0.4) is 0 Å². The predicted molar refractivity (Wildman–Crippen MR) is 191 cm³/mol. The van der Waals surface area contributed by atoms with E-state index in [4.69, 9.17) is 9.72 Å². The molecular formula is C32H41BrN10O3S. The van der Waals surface area contributed by atoms with E-state index in [9.17, 15) is 8.42 Å². The number of nitrogens with zero attached hydrogens (tertiary/aromatic N) is 7. The second-order valence-corrected chi connectivity index (χ2v) is 14.9. The van der Waals surface area contributed by atoms with Gasteiger partial charge in [-0.05, 0) is 73.1 Å². The summed E-state index contributed by atoms with van der Waals surface area (Å²) in [6.07, 6.45) is 8.96. The molecule has 15 heteroatoms. The van der Waals surface area contributed by atoms with Crippen LogP contribution in [0.5, 0.6) is 5.75 Å². The number of aryl methyl sites for hydroxylation is 1. The number of aromatic nitrogens is 4. The van der Waals surface area contributed by atoms with E-state index in [1.807, 2.05) is 0 Å². The molecule has 4 heterocycles. The number of benzene rings is 2. The zero-order valence-electron chi connectivity index (χ0n) is 27.3. The first kappa shape index (κ1) is 33.1. The van der Waals surface area contributed by atoms with Crippen LogP contribution in [0.15, 0.2) is 47.3 Å². The highest BCUT2D eigenvalue weighted by atomic mass is 79.9. The Labute approximate surface area is 284 Å². The van der Waals surface area contributed by atoms with Gasteiger partial charge in [-0.3, -0.25) is 19.6 Å². The zero-order chi connectivity index (χ0) is 33.3. The lowest BCUT2D eigenvalue weighted by Gasteiger charge is -2.49. The minimum Gasteiger partial charge on any atom is -0.494 e. The summed E-state index contributed by atoms with van der Waals surface area (Å²) in [6.45, 7) is 6.52. The van der Waals surface area contributed by atoms with E-state index in [0.717, 1.165) is 57.4 Å². The molecular weight excluding hydrogens is 684 g/mol. The van der Waals surface area contributed by atoms with Crippen molar-refractivity contribution in [1.29, 1.82) is 0 Å². The van der Waals surface area contributed by atoms with E-state index in [1.54, 1.807) is 31.6 Å². The number of rotatable bonds is 11. The van der Waals surface area contributed by atoms with Gasteiger partial charge in [-0.15, -0.1) is 0 Å². The molecule has 0 saturated carbocycles. The quantitative estimate of drug-likeness (QED) is 0.195. The van der Waals surface area contributed by atoms with Gasteiger partial charge in [0.15, 0.2) is 0 Å². The lowest BCUT2D eigenvalue weighted by Crippen LogP contribution is -2.62. The Kier molecular flexibility index (Phi) is 9.69. The maximum absolute atomic E-state index is 12.2. The van der Waals surface area contributed by atoms with Crippen LogP contribution in [0, 0.1) is 0 Å². The number of fused-ring (bicyclic) bond motifs is 1. The summed E-state index contributed by atoms with van der Waals surface area (Å²) >= 11 is 3.53. The fourth-order valence-corrected chi connectivity index (χ4v) is 7.10. The lowest BCUT2D eigenvalue weighted by atomic mass is 9.96. The minimum absolute atomic E-state index is 0.273. The van der Waals surface area contributed by atoms with Crippen LogP contribution >= 0.6 is 15.9 Å². The van der Waals surface area contributed by atoms with Crippen molar-refractivity contribution in [2.75, 3.05) is 73.9 Å². The molecule has 13 nitrogen and oxygen atoms in total. The van der Waals surface area contributed by atoms with Gasteiger partial charge >= 0.3 is 0 Å². The van der Waals surface area contributed by atoms with E-state index in [1.165, 1.54) is 17.4 Å². The van der Waals surface area contributed by atoms with Crippen molar-refractivity contribution < 1.29 is 13.2 Å². The molecule has 2 saturated heterocycles. The summed E-state index contributed by atoms with van der Waals surface area (Å²) in [4.78, 5) is 25.3. The number of halogens is 1. The number of methoxy groups -OCH3 is 1. The number of anilines is 6. The molecule has 250 valence electrons. The van der Waals surface area contributed by atoms with Gasteiger partial charge in [0.2, 0.25) is 16.0 Å². The summed E-state index contributed by atoms with van der Waals surface area (Å²) < 4.78 is 33.5. The van der Waals surface area contributed by atoms with Gasteiger partial charge < -0.3 is 25.2 Å². The van der Waals surface area contributed by atoms with Gasteiger partial charge in [-0.25, -0.2) is 13.4 Å². The Morgan fingerprint density at radius 3 is 2.47 bits per heavy atom. The zero-order valence-corrected chi connectivity index (χ0v) is 29.7. The van der Waals surface area contributed by atoms with Gasteiger partial charge in [0.25, 0.3) is 0 Å². The molecule has 2 aliphatic heterocycles. The summed E-state index contributed by atoms with van der Waals surface area (Å²) in [6, 6.07) is 9.05. The average molecular weight is 726 g/mol. The normalized spacial score (nSPS) is 16.4. The van der Waals surface area contributed by atoms with Crippen molar-refractivity contribution in [3.63, 3.8) is 0 Å². The number of likely N-dealkylation sites (tertiary alicyclic amines) is 1. The molecule has 0 atom stereocenters. The number of nitrogens with one attached hydrogen (secondary N) is 3. The molecule has 47 heavy (non-hydrogen) atoms.